The fourth-order valence-corrected chi connectivity index (χ4v) is 4.67. The molecular formula is C22H32Cl2N4O2. The van der Waals surface area contributed by atoms with E-state index in [-0.39, 0.29) is 24.5 Å². The summed E-state index contributed by atoms with van der Waals surface area (Å²) in [7, 11) is 1.60. The van der Waals surface area contributed by atoms with E-state index in [1.54, 1.807) is 11.9 Å². The van der Waals surface area contributed by atoms with E-state index in [0.717, 1.165) is 51.9 Å². The molecule has 166 valence electrons. The molecule has 2 saturated heterocycles. The Bertz CT molecular complexity index is 753. The Morgan fingerprint density at radius 1 is 1.17 bits per heavy atom. The third-order valence-corrected chi connectivity index (χ3v) is 7.08. The lowest BCUT2D eigenvalue weighted by Crippen LogP contribution is -2.57. The van der Waals surface area contributed by atoms with Crippen LogP contribution in [0, 0.1) is 0 Å². The largest absolute Gasteiger partial charge is 0.358 e. The van der Waals surface area contributed by atoms with Crippen molar-refractivity contribution in [2.45, 2.75) is 44.6 Å². The molecule has 6 nitrogen and oxygen atoms in total. The van der Waals surface area contributed by atoms with Crippen LogP contribution in [0.4, 0.5) is 4.79 Å². The summed E-state index contributed by atoms with van der Waals surface area (Å²) in [5, 5.41) is 3.80. The number of nitrogens with one attached hydrogen (secondary N) is 1. The minimum Gasteiger partial charge on any atom is -0.358 e. The number of carbonyl (C=O) groups excluding carboxylic acids is 2. The van der Waals surface area contributed by atoms with Crippen molar-refractivity contribution in [3.63, 3.8) is 0 Å². The predicted molar refractivity (Wildman–Crippen MR) is 121 cm³/mol. The first-order chi connectivity index (χ1) is 14.4. The summed E-state index contributed by atoms with van der Waals surface area (Å²) in [6.45, 7) is 6.86. The van der Waals surface area contributed by atoms with Crippen molar-refractivity contribution in [3.05, 3.63) is 33.8 Å². The number of rotatable bonds is 7. The molecule has 1 aromatic rings. The highest BCUT2D eigenvalue weighted by atomic mass is 35.5. The molecule has 1 N–H and O–H groups in total. The molecule has 3 rings (SSSR count). The summed E-state index contributed by atoms with van der Waals surface area (Å²) in [5.41, 5.74) is 1.22. The first kappa shape index (κ1) is 23.2. The number of amides is 3. The van der Waals surface area contributed by atoms with E-state index in [0.29, 0.717) is 22.5 Å². The monoisotopic (exact) mass is 454 g/mol. The molecular weight excluding hydrogens is 423 g/mol. The number of likely N-dealkylation sites (tertiary alicyclic amines) is 1. The van der Waals surface area contributed by atoms with Crippen LogP contribution in [0.5, 0.6) is 0 Å². The molecule has 3 amide bonds. The van der Waals surface area contributed by atoms with Crippen LogP contribution >= 0.6 is 23.2 Å². The average molecular weight is 455 g/mol. The fourth-order valence-electron chi connectivity index (χ4n) is 4.36. The Labute approximate surface area is 189 Å². The number of piperidine rings is 1. The Kier molecular flexibility index (Phi) is 8.26. The lowest BCUT2D eigenvalue weighted by Gasteiger charge is -2.43. The second-order valence-corrected chi connectivity index (χ2v) is 9.17. The Morgan fingerprint density at radius 2 is 1.90 bits per heavy atom. The van der Waals surface area contributed by atoms with Crippen molar-refractivity contribution in [2.75, 3.05) is 46.3 Å². The zero-order chi connectivity index (χ0) is 21.7. The highest BCUT2D eigenvalue weighted by Crippen LogP contribution is 2.28. The molecule has 2 heterocycles. The Balaban J connectivity index is 1.45. The maximum absolute atomic E-state index is 12.8. The van der Waals surface area contributed by atoms with Gasteiger partial charge >= 0.3 is 6.03 Å². The van der Waals surface area contributed by atoms with Crippen LogP contribution in [0.15, 0.2) is 18.2 Å². The van der Waals surface area contributed by atoms with Crippen LogP contribution in [0.25, 0.3) is 0 Å². The van der Waals surface area contributed by atoms with Crippen LogP contribution < -0.4 is 5.32 Å². The van der Waals surface area contributed by atoms with E-state index in [1.165, 1.54) is 5.56 Å². The van der Waals surface area contributed by atoms with Gasteiger partial charge in [-0.1, -0.05) is 36.2 Å². The molecule has 2 fully saturated rings. The second kappa shape index (κ2) is 10.7. The summed E-state index contributed by atoms with van der Waals surface area (Å²) >= 11 is 12.2. The highest BCUT2D eigenvalue weighted by molar-refractivity contribution is 6.42. The third kappa shape index (κ3) is 5.80. The average Bonchev–Trinajstić information content (AvgIpc) is 2.75. The number of carbonyl (C=O) groups is 2. The predicted octanol–water partition coefficient (Wildman–Crippen LogP) is 3.83. The molecule has 1 unspecified atom stereocenters. The van der Waals surface area contributed by atoms with Gasteiger partial charge in [0.1, 0.15) is 6.54 Å². The van der Waals surface area contributed by atoms with Gasteiger partial charge in [0.05, 0.1) is 10.0 Å². The number of benzene rings is 1. The van der Waals surface area contributed by atoms with Crippen molar-refractivity contribution in [1.82, 2.24) is 20.0 Å². The van der Waals surface area contributed by atoms with Crippen LogP contribution in [0.3, 0.4) is 0 Å². The Hall–Kier alpha value is -1.50. The number of hydrogen-bond acceptors (Lipinski definition) is 3. The molecule has 2 aliphatic rings. The molecule has 8 heteroatoms. The van der Waals surface area contributed by atoms with Gasteiger partial charge in [0.25, 0.3) is 0 Å². The summed E-state index contributed by atoms with van der Waals surface area (Å²) < 4.78 is 0. The Morgan fingerprint density at radius 3 is 2.57 bits per heavy atom. The number of urea groups is 1. The van der Waals surface area contributed by atoms with Gasteiger partial charge in [0, 0.05) is 39.3 Å². The van der Waals surface area contributed by atoms with Gasteiger partial charge in [-0.3, -0.25) is 4.79 Å². The van der Waals surface area contributed by atoms with E-state index in [4.69, 9.17) is 23.2 Å². The van der Waals surface area contributed by atoms with Gasteiger partial charge in [-0.25, -0.2) is 4.79 Å². The summed E-state index contributed by atoms with van der Waals surface area (Å²) in [5.74, 6) is 0.301. The number of hydrogen-bond donors (Lipinski definition) is 1. The number of halogens is 2. The lowest BCUT2D eigenvalue weighted by molar-refractivity contribution is -0.121. The van der Waals surface area contributed by atoms with Gasteiger partial charge in [-0.15, -0.1) is 0 Å². The topological polar surface area (TPSA) is 55.9 Å². The third-order valence-electron chi connectivity index (χ3n) is 6.35. The first-order valence-electron chi connectivity index (χ1n) is 10.8. The van der Waals surface area contributed by atoms with Crippen molar-refractivity contribution >= 4 is 35.1 Å². The van der Waals surface area contributed by atoms with Crippen molar-refractivity contribution in [1.29, 1.82) is 0 Å². The van der Waals surface area contributed by atoms with E-state index >= 15 is 0 Å². The summed E-state index contributed by atoms with van der Waals surface area (Å²) in [6.07, 6.45) is 3.96. The second-order valence-electron chi connectivity index (χ2n) is 8.36. The van der Waals surface area contributed by atoms with Gasteiger partial charge < -0.3 is 20.0 Å². The van der Waals surface area contributed by atoms with Gasteiger partial charge in [-0.05, 0) is 55.8 Å². The molecule has 2 aliphatic heterocycles. The fraction of sp³-hybridized carbons (Fsp3) is 0.636. The van der Waals surface area contributed by atoms with E-state index < -0.39 is 0 Å². The summed E-state index contributed by atoms with van der Waals surface area (Å²) in [4.78, 5) is 30.6. The zero-order valence-electron chi connectivity index (χ0n) is 17.9. The highest BCUT2D eigenvalue weighted by Gasteiger charge is 2.33. The molecule has 0 saturated carbocycles. The molecule has 0 spiro atoms. The zero-order valence-corrected chi connectivity index (χ0v) is 19.4. The van der Waals surface area contributed by atoms with Crippen LogP contribution in [-0.2, 0) is 4.79 Å². The lowest BCUT2D eigenvalue weighted by atomic mass is 9.96. The molecule has 1 aromatic carbocycles. The summed E-state index contributed by atoms with van der Waals surface area (Å²) in [6, 6.07) is 6.17. The number of likely N-dealkylation sites (N-methyl/N-ethyl adjacent to an activating group) is 1. The normalized spacial score (nSPS) is 19.8. The van der Waals surface area contributed by atoms with Gasteiger partial charge in [-0.2, -0.15) is 0 Å². The van der Waals surface area contributed by atoms with Crippen LogP contribution in [0.1, 0.15) is 44.1 Å². The SMILES string of the molecule is CNC(=O)CN1CCCN(C2CCN(CCC(C)c3ccc(Cl)c(Cl)c3)CC2)C1=O. The van der Waals surface area contributed by atoms with Crippen LogP contribution in [0.2, 0.25) is 10.0 Å². The molecule has 0 radical (unpaired) electrons. The minimum atomic E-state index is -0.115. The molecule has 0 aromatic heterocycles. The molecule has 30 heavy (non-hydrogen) atoms. The quantitative estimate of drug-likeness (QED) is 0.680. The van der Waals surface area contributed by atoms with Crippen LogP contribution in [-0.4, -0.2) is 79.0 Å². The smallest absolute Gasteiger partial charge is 0.320 e. The van der Waals surface area contributed by atoms with E-state index in [2.05, 4.69) is 23.2 Å². The standard InChI is InChI=1S/C22H32Cl2N4O2/c1-16(17-4-5-19(23)20(24)14-17)6-11-26-12-7-18(8-13-26)28-10-3-9-27(22(28)30)15-21(29)25-2/h4-5,14,16,18H,3,6-13,15H2,1-2H3,(H,25,29). The van der Waals surface area contributed by atoms with Crippen molar-refractivity contribution in [2.24, 2.45) is 0 Å². The number of nitrogens with zero attached hydrogens (tertiary/aromatic N) is 3. The maximum atomic E-state index is 12.8. The van der Waals surface area contributed by atoms with Crippen molar-refractivity contribution in [3.8, 4) is 0 Å². The minimum absolute atomic E-state index is 0.0107. The van der Waals surface area contributed by atoms with Gasteiger partial charge in [0.2, 0.25) is 5.91 Å². The molecule has 0 bridgehead atoms. The van der Waals surface area contributed by atoms with Gasteiger partial charge in [0.15, 0.2) is 0 Å². The molecule has 1 atom stereocenters. The van der Waals surface area contributed by atoms with E-state index in [9.17, 15) is 9.59 Å². The molecule has 0 aliphatic carbocycles. The van der Waals surface area contributed by atoms with E-state index in [1.807, 2.05) is 17.0 Å². The van der Waals surface area contributed by atoms with Crippen molar-refractivity contribution < 1.29 is 9.59 Å². The first-order valence-corrected chi connectivity index (χ1v) is 11.6. The maximum Gasteiger partial charge on any atom is 0.320 e.